The van der Waals surface area contributed by atoms with Crippen molar-refractivity contribution >= 4 is 5.91 Å². The van der Waals surface area contributed by atoms with Crippen LogP contribution in [0, 0.1) is 0 Å². The van der Waals surface area contributed by atoms with Gasteiger partial charge in [0.1, 0.15) is 0 Å². The topological polar surface area (TPSA) is 52.6 Å². The first-order valence-corrected chi connectivity index (χ1v) is 8.35. The van der Waals surface area contributed by atoms with Gasteiger partial charge >= 0.3 is 0 Å². The highest BCUT2D eigenvalue weighted by molar-refractivity contribution is 5.78. The van der Waals surface area contributed by atoms with Gasteiger partial charge in [-0.1, -0.05) is 39.5 Å². The summed E-state index contributed by atoms with van der Waals surface area (Å²) in [7, 11) is 0. The zero-order valence-corrected chi connectivity index (χ0v) is 13.2. The van der Waals surface area contributed by atoms with E-state index in [1.165, 1.54) is 25.7 Å². The molecule has 0 atom stereocenters. The Kier molecular flexibility index (Phi) is 8.86. The second kappa shape index (κ2) is 10.2. The van der Waals surface area contributed by atoms with Crippen LogP contribution in [0.5, 0.6) is 0 Å². The minimum atomic E-state index is 0.118. The molecule has 0 spiro atoms. The molecule has 118 valence electrons. The molecule has 0 radical (unpaired) electrons. The van der Waals surface area contributed by atoms with Crippen LogP contribution < -0.4 is 5.32 Å². The number of nitrogens with one attached hydrogen (secondary N) is 1. The van der Waals surface area contributed by atoms with Gasteiger partial charge in [0.2, 0.25) is 5.91 Å². The maximum atomic E-state index is 12.2. The summed E-state index contributed by atoms with van der Waals surface area (Å²) in [4.78, 5) is 14.3. The Morgan fingerprint density at radius 2 is 1.80 bits per heavy atom. The van der Waals surface area contributed by atoms with Crippen molar-refractivity contribution in [2.24, 2.45) is 0 Å². The van der Waals surface area contributed by atoms with Crippen molar-refractivity contribution < 1.29 is 9.90 Å². The second-order valence-corrected chi connectivity index (χ2v) is 5.92. The van der Waals surface area contributed by atoms with Gasteiger partial charge in [-0.3, -0.25) is 9.69 Å². The van der Waals surface area contributed by atoms with Crippen LogP contribution in [0.2, 0.25) is 0 Å². The fraction of sp³-hybridized carbons (Fsp3) is 0.938. The number of carbonyl (C=O) groups excluding carboxylic acids is 1. The van der Waals surface area contributed by atoms with E-state index in [0.29, 0.717) is 25.2 Å². The third-order valence-electron chi connectivity index (χ3n) is 4.41. The summed E-state index contributed by atoms with van der Waals surface area (Å²) < 4.78 is 0. The number of aliphatic hydroxyl groups excluding tert-OH is 1. The number of rotatable bonds is 8. The van der Waals surface area contributed by atoms with Gasteiger partial charge in [-0.25, -0.2) is 0 Å². The van der Waals surface area contributed by atoms with Crippen LogP contribution in [0.15, 0.2) is 0 Å². The fourth-order valence-corrected chi connectivity index (χ4v) is 3.21. The van der Waals surface area contributed by atoms with Gasteiger partial charge in [-0.05, 0) is 25.7 Å². The average molecular weight is 284 g/mol. The molecule has 1 amide bonds. The Labute approximate surface area is 123 Å². The van der Waals surface area contributed by atoms with E-state index in [9.17, 15) is 9.90 Å². The lowest BCUT2D eigenvalue weighted by molar-refractivity contribution is -0.123. The number of carbonyl (C=O) groups is 1. The molecule has 1 saturated carbocycles. The Morgan fingerprint density at radius 1 is 1.20 bits per heavy atom. The van der Waals surface area contributed by atoms with Crippen molar-refractivity contribution in [2.75, 3.05) is 19.7 Å². The third kappa shape index (κ3) is 6.23. The minimum Gasteiger partial charge on any atom is -0.395 e. The first-order chi connectivity index (χ1) is 9.71. The zero-order chi connectivity index (χ0) is 14.8. The standard InChI is InChI=1S/C16H32N2O2/c1-3-15(4-2)18(11-12-19)13-16(20)17-14-9-7-5-6-8-10-14/h14-15,19H,3-13H2,1-2H3,(H,17,20). The van der Waals surface area contributed by atoms with Gasteiger partial charge in [0.05, 0.1) is 13.2 Å². The van der Waals surface area contributed by atoms with Crippen molar-refractivity contribution in [3.8, 4) is 0 Å². The molecular formula is C16H32N2O2. The van der Waals surface area contributed by atoms with Crippen molar-refractivity contribution in [3.05, 3.63) is 0 Å². The predicted octanol–water partition coefficient (Wildman–Crippen LogP) is 2.31. The minimum absolute atomic E-state index is 0.118. The van der Waals surface area contributed by atoms with Crippen LogP contribution in [-0.2, 0) is 4.79 Å². The van der Waals surface area contributed by atoms with E-state index in [1.807, 2.05) is 0 Å². The van der Waals surface area contributed by atoms with Gasteiger partial charge in [-0.2, -0.15) is 0 Å². The summed E-state index contributed by atoms with van der Waals surface area (Å²) in [6.07, 6.45) is 9.36. The van der Waals surface area contributed by atoms with Crippen LogP contribution in [0.1, 0.15) is 65.2 Å². The maximum Gasteiger partial charge on any atom is 0.234 e. The van der Waals surface area contributed by atoms with Crippen LogP contribution in [0.3, 0.4) is 0 Å². The molecular weight excluding hydrogens is 252 g/mol. The molecule has 0 aromatic rings. The van der Waals surface area contributed by atoms with Gasteiger partial charge < -0.3 is 10.4 Å². The number of aliphatic hydroxyl groups is 1. The highest BCUT2D eigenvalue weighted by Crippen LogP contribution is 2.17. The molecule has 0 aromatic heterocycles. The van der Waals surface area contributed by atoms with Crippen molar-refractivity contribution in [3.63, 3.8) is 0 Å². The summed E-state index contributed by atoms with van der Waals surface area (Å²) in [5, 5.41) is 12.4. The molecule has 0 aromatic carbocycles. The molecule has 0 bridgehead atoms. The van der Waals surface area contributed by atoms with E-state index < -0.39 is 0 Å². The summed E-state index contributed by atoms with van der Waals surface area (Å²) >= 11 is 0. The van der Waals surface area contributed by atoms with Crippen molar-refractivity contribution in [2.45, 2.75) is 77.3 Å². The van der Waals surface area contributed by atoms with Crippen LogP contribution in [-0.4, -0.2) is 47.7 Å². The SMILES string of the molecule is CCC(CC)N(CCO)CC(=O)NC1CCCCCC1. The van der Waals surface area contributed by atoms with E-state index in [2.05, 4.69) is 24.1 Å². The zero-order valence-electron chi connectivity index (χ0n) is 13.2. The van der Waals surface area contributed by atoms with Gasteiger partial charge in [0.25, 0.3) is 0 Å². The molecule has 1 rings (SSSR count). The molecule has 0 unspecified atom stereocenters. The normalized spacial score (nSPS) is 17.4. The first-order valence-electron chi connectivity index (χ1n) is 8.35. The number of hydrogen-bond acceptors (Lipinski definition) is 3. The Bertz CT molecular complexity index is 259. The molecule has 2 N–H and O–H groups in total. The Balaban J connectivity index is 2.43. The number of amides is 1. The highest BCUT2D eigenvalue weighted by Gasteiger charge is 2.20. The molecule has 1 aliphatic carbocycles. The summed E-state index contributed by atoms with van der Waals surface area (Å²) in [5.74, 6) is 0.122. The number of hydrogen-bond donors (Lipinski definition) is 2. The molecule has 0 aliphatic heterocycles. The first kappa shape index (κ1) is 17.4. The van der Waals surface area contributed by atoms with Crippen LogP contribution in [0.25, 0.3) is 0 Å². The Morgan fingerprint density at radius 3 is 2.30 bits per heavy atom. The molecule has 1 aliphatic rings. The largest absolute Gasteiger partial charge is 0.395 e. The van der Waals surface area contributed by atoms with E-state index in [1.54, 1.807) is 0 Å². The molecule has 4 nitrogen and oxygen atoms in total. The van der Waals surface area contributed by atoms with Crippen LogP contribution >= 0.6 is 0 Å². The van der Waals surface area contributed by atoms with Gasteiger partial charge in [-0.15, -0.1) is 0 Å². The van der Waals surface area contributed by atoms with Crippen molar-refractivity contribution in [1.82, 2.24) is 10.2 Å². The molecule has 0 saturated heterocycles. The molecule has 0 heterocycles. The molecule has 4 heteroatoms. The van der Waals surface area contributed by atoms with Crippen molar-refractivity contribution in [1.29, 1.82) is 0 Å². The quantitative estimate of drug-likeness (QED) is 0.673. The smallest absolute Gasteiger partial charge is 0.234 e. The summed E-state index contributed by atoms with van der Waals surface area (Å²) in [5.41, 5.74) is 0. The van der Waals surface area contributed by atoms with E-state index in [0.717, 1.165) is 25.7 Å². The maximum absolute atomic E-state index is 12.2. The summed E-state index contributed by atoms with van der Waals surface area (Å²) in [6.45, 7) is 5.41. The highest BCUT2D eigenvalue weighted by atomic mass is 16.3. The lowest BCUT2D eigenvalue weighted by Crippen LogP contribution is -2.46. The number of nitrogens with zero attached hydrogens (tertiary/aromatic N) is 1. The molecule has 1 fully saturated rings. The lowest BCUT2D eigenvalue weighted by Gasteiger charge is -2.29. The monoisotopic (exact) mass is 284 g/mol. The van der Waals surface area contributed by atoms with E-state index in [4.69, 9.17) is 0 Å². The van der Waals surface area contributed by atoms with E-state index in [-0.39, 0.29) is 12.5 Å². The van der Waals surface area contributed by atoms with E-state index >= 15 is 0 Å². The average Bonchev–Trinajstić information content (AvgIpc) is 2.69. The second-order valence-electron chi connectivity index (χ2n) is 5.92. The van der Waals surface area contributed by atoms with Gasteiger partial charge in [0.15, 0.2) is 0 Å². The van der Waals surface area contributed by atoms with Crippen LogP contribution in [0.4, 0.5) is 0 Å². The molecule has 20 heavy (non-hydrogen) atoms. The lowest BCUT2D eigenvalue weighted by atomic mass is 10.1. The predicted molar refractivity (Wildman–Crippen MR) is 82.7 cm³/mol. The summed E-state index contributed by atoms with van der Waals surface area (Å²) in [6, 6.07) is 0.754. The fourth-order valence-electron chi connectivity index (χ4n) is 3.21. The third-order valence-corrected chi connectivity index (χ3v) is 4.41. The Hall–Kier alpha value is -0.610. The van der Waals surface area contributed by atoms with Gasteiger partial charge in [0, 0.05) is 18.6 Å².